The Morgan fingerprint density at radius 2 is 1.88 bits per heavy atom. The van der Waals surface area contributed by atoms with Gasteiger partial charge >= 0.3 is 0 Å². The van der Waals surface area contributed by atoms with E-state index in [0.717, 1.165) is 13.1 Å². The van der Waals surface area contributed by atoms with Crippen LogP contribution in [0.15, 0.2) is 41.8 Å². The van der Waals surface area contributed by atoms with Crippen molar-refractivity contribution in [3.63, 3.8) is 0 Å². The molecule has 140 valence electrons. The minimum atomic E-state index is -0.0343. The highest BCUT2D eigenvalue weighted by molar-refractivity contribution is 7.10. The highest BCUT2D eigenvalue weighted by atomic mass is 35.5. The molecule has 0 unspecified atom stereocenters. The first-order chi connectivity index (χ1) is 12.6. The van der Waals surface area contributed by atoms with Crippen molar-refractivity contribution in [2.75, 3.05) is 32.7 Å². The average Bonchev–Trinajstić information content (AvgIpc) is 3.17. The van der Waals surface area contributed by atoms with Gasteiger partial charge in [0, 0.05) is 10.6 Å². The number of piperazine rings is 1. The number of amides is 1. The Hall–Kier alpha value is -1.40. The number of carbonyl (C=O) groups excluding carboxylic acids is 1. The molecule has 0 aliphatic carbocycles. The zero-order valence-electron chi connectivity index (χ0n) is 15.4. The van der Waals surface area contributed by atoms with Gasteiger partial charge in [0.2, 0.25) is 0 Å². The molecule has 3 N–H and O–H groups in total. The van der Waals surface area contributed by atoms with Crippen LogP contribution in [0.25, 0.3) is 0 Å². The van der Waals surface area contributed by atoms with Crippen molar-refractivity contribution in [2.45, 2.75) is 25.9 Å². The second kappa shape index (κ2) is 9.00. The average molecular weight is 394 g/mol. The molecule has 6 heteroatoms. The predicted molar refractivity (Wildman–Crippen MR) is 107 cm³/mol. The fourth-order valence-corrected chi connectivity index (χ4v) is 4.95. The van der Waals surface area contributed by atoms with Crippen molar-refractivity contribution in [1.29, 1.82) is 0 Å². The number of thiophene rings is 1. The Morgan fingerprint density at radius 3 is 2.46 bits per heavy atom. The Morgan fingerprint density at radius 1 is 1.19 bits per heavy atom. The third kappa shape index (κ3) is 4.65. The quantitative estimate of drug-likeness (QED) is 0.674. The van der Waals surface area contributed by atoms with E-state index in [-0.39, 0.29) is 11.9 Å². The standard InChI is InChI=1S/C20H26ClN3OS/c1-3-23-10-12-24(13-11-23)19(18-5-4-14-26-18)15(2)22-20(25)16-6-8-17(21)9-7-16/h4-9,14-15,19H,3,10-13H2,1-2H3,(H,22,25)/p+2/t15-,19+/m0/s1. The molecule has 0 radical (unpaired) electrons. The SMILES string of the molecule is CC[NH+]1CC[NH+]([C@@H](c2cccs2)[C@H](C)NC(=O)c2ccc(Cl)cc2)CC1. The first-order valence-corrected chi connectivity index (χ1v) is 10.6. The van der Waals surface area contributed by atoms with Gasteiger partial charge in [0.05, 0.1) is 17.5 Å². The lowest BCUT2D eigenvalue weighted by molar-refractivity contribution is -1.03. The van der Waals surface area contributed by atoms with E-state index in [2.05, 4.69) is 36.7 Å². The molecule has 2 atom stereocenters. The van der Waals surface area contributed by atoms with Gasteiger partial charge in [-0.25, -0.2) is 0 Å². The molecule has 1 saturated heterocycles. The van der Waals surface area contributed by atoms with Crippen LogP contribution in [0.5, 0.6) is 0 Å². The van der Waals surface area contributed by atoms with E-state index in [1.54, 1.807) is 45.4 Å². The van der Waals surface area contributed by atoms with E-state index < -0.39 is 0 Å². The number of halogens is 1. The summed E-state index contributed by atoms with van der Waals surface area (Å²) in [6.45, 7) is 10.3. The molecule has 1 aliphatic rings. The molecule has 3 rings (SSSR count). The Kier molecular flexibility index (Phi) is 6.70. The molecule has 1 fully saturated rings. The third-order valence-corrected chi connectivity index (χ3v) is 6.56. The molecule has 1 aliphatic heterocycles. The lowest BCUT2D eigenvalue weighted by Gasteiger charge is -2.36. The summed E-state index contributed by atoms with van der Waals surface area (Å²) in [5, 5.41) is 6.00. The van der Waals surface area contributed by atoms with Gasteiger partial charge < -0.3 is 15.1 Å². The Labute approximate surface area is 164 Å². The molecular weight excluding hydrogens is 366 g/mol. The summed E-state index contributed by atoms with van der Waals surface area (Å²) in [4.78, 5) is 17.3. The first kappa shape index (κ1) is 19.4. The Balaban J connectivity index is 1.72. The van der Waals surface area contributed by atoms with Crippen LogP contribution < -0.4 is 15.1 Å². The molecule has 4 nitrogen and oxygen atoms in total. The van der Waals surface area contributed by atoms with Gasteiger partial charge in [0.25, 0.3) is 5.91 Å². The second-order valence-electron chi connectivity index (χ2n) is 7.02. The van der Waals surface area contributed by atoms with E-state index in [9.17, 15) is 4.79 Å². The maximum atomic E-state index is 12.7. The molecule has 0 saturated carbocycles. The van der Waals surface area contributed by atoms with Crippen LogP contribution in [0.4, 0.5) is 0 Å². The summed E-state index contributed by atoms with van der Waals surface area (Å²) < 4.78 is 0. The zero-order valence-corrected chi connectivity index (χ0v) is 17.0. The molecule has 1 aromatic heterocycles. The van der Waals surface area contributed by atoms with Gasteiger partial charge in [-0.3, -0.25) is 4.79 Å². The first-order valence-electron chi connectivity index (χ1n) is 9.36. The van der Waals surface area contributed by atoms with Crippen molar-refractivity contribution < 1.29 is 14.6 Å². The van der Waals surface area contributed by atoms with E-state index in [1.165, 1.54) is 24.5 Å². The highest BCUT2D eigenvalue weighted by Crippen LogP contribution is 2.20. The van der Waals surface area contributed by atoms with Crippen LogP contribution >= 0.6 is 22.9 Å². The predicted octanol–water partition coefficient (Wildman–Crippen LogP) is 1.06. The minimum absolute atomic E-state index is 0.0343. The summed E-state index contributed by atoms with van der Waals surface area (Å²) in [7, 11) is 0. The largest absolute Gasteiger partial charge is 0.343 e. The van der Waals surface area contributed by atoms with Crippen molar-refractivity contribution in [3.05, 3.63) is 57.2 Å². The van der Waals surface area contributed by atoms with Crippen molar-refractivity contribution in [1.82, 2.24) is 5.32 Å². The van der Waals surface area contributed by atoms with Gasteiger partial charge in [-0.1, -0.05) is 17.7 Å². The van der Waals surface area contributed by atoms with Crippen LogP contribution in [0, 0.1) is 0 Å². The smallest absolute Gasteiger partial charge is 0.251 e. The van der Waals surface area contributed by atoms with E-state index in [0.29, 0.717) is 16.6 Å². The summed E-state index contributed by atoms with van der Waals surface area (Å²) in [6, 6.07) is 11.7. The van der Waals surface area contributed by atoms with Crippen molar-refractivity contribution >= 4 is 28.8 Å². The van der Waals surface area contributed by atoms with E-state index >= 15 is 0 Å². The van der Waals surface area contributed by atoms with Gasteiger partial charge in [-0.05, 0) is 49.6 Å². The second-order valence-corrected chi connectivity index (χ2v) is 8.44. The van der Waals surface area contributed by atoms with Crippen molar-refractivity contribution in [2.24, 2.45) is 0 Å². The fourth-order valence-electron chi connectivity index (χ4n) is 3.83. The van der Waals surface area contributed by atoms with Gasteiger partial charge in [0.15, 0.2) is 0 Å². The number of hydrogen-bond acceptors (Lipinski definition) is 2. The normalized spacial score (nSPS) is 22.6. The molecule has 2 heterocycles. The zero-order chi connectivity index (χ0) is 18.5. The lowest BCUT2D eigenvalue weighted by Crippen LogP contribution is -3.28. The van der Waals surface area contributed by atoms with E-state index in [4.69, 9.17) is 11.6 Å². The number of hydrogen-bond donors (Lipinski definition) is 3. The number of likely N-dealkylation sites (N-methyl/N-ethyl adjacent to an activating group) is 1. The summed E-state index contributed by atoms with van der Waals surface area (Å²) in [5.41, 5.74) is 0.654. The van der Waals surface area contributed by atoms with Gasteiger partial charge in [-0.2, -0.15) is 0 Å². The number of rotatable bonds is 6. The maximum Gasteiger partial charge on any atom is 0.251 e. The van der Waals surface area contributed by atoms with Crippen LogP contribution in [0.2, 0.25) is 5.02 Å². The van der Waals surface area contributed by atoms with Crippen LogP contribution in [-0.4, -0.2) is 44.7 Å². The molecule has 2 aromatic rings. The summed E-state index contributed by atoms with van der Waals surface area (Å²) in [5.74, 6) is -0.0343. The Bertz CT molecular complexity index is 696. The molecule has 1 aromatic carbocycles. The highest BCUT2D eigenvalue weighted by Gasteiger charge is 2.35. The maximum absolute atomic E-state index is 12.7. The van der Waals surface area contributed by atoms with Crippen LogP contribution in [-0.2, 0) is 0 Å². The van der Waals surface area contributed by atoms with Gasteiger partial charge in [-0.15, -0.1) is 11.3 Å². The van der Waals surface area contributed by atoms with Crippen LogP contribution in [0.3, 0.4) is 0 Å². The third-order valence-electron chi connectivity index (χ3n) is 5.35. The van der Waals surface area contributed by atoms with Crippen LogP contribution in [0.1, 0.15) is 35.1 Å². The lowest BCUT2D eigenvalue weighted by atomic mass is 10.0. The summed E-state index contributed by atoms with van der Waals surface area (Å²) in [6.07, 6.45) is 0. The number of benzene rings is 1. The molecule has 0 spiro atoms. The monoisotopic (exact) mass is 393 g/mol. The van der Waals surface area contributed by atoms with E-state index in [1.807, 2.05) is 0 Å². The number of carbonyl (C=O) groups is 1. The van der Waals surface area contributed by atoms with Crippen molar-refractivity contribution in [3.8, 4) is 0 Å². The molecule has 26 heavy (non-hydrogen) atoms. The molecular formula is C20H28ClN3OS+2. The topological polar surface area (TPSA) is 38.0 Å². The minimum Gasteiger partial charge on any atom is -0.343 e. The number of nitrogens with one attached hydrogen (secondary N) is 3. The number of quaternary nitrogens is 2. The molecule has 1 amide bonds. The summed E-state index contributed by atoms with van der Waals surface area (Å²) >= 11 is 7.72. The molecule has 0 bridgehead atoms. The van der Waals surface area contributed by atoms with Gasteiger partial charge in [0.1, 0.15) is 32.2 Å². The fraction of sp³-hybridized carbons (Fsp3) is 0.450.